The molecule has 10 heteroatoms. The third-order valence-corrected chi connectivity index (χ3v) is 12.3. The van der Waals surface area contributed by atoms with Crippen molar-refractivity contribution >= 4 is 39.5 Å². The number of hydrogen-bond acceptors (Lipinski definition) is 10. The third-order valence-electron chi connectivity index (χ3n) is 9.85. The summed E-state index contributed by atoms with van der Waals surface area (Å²) in [6, 6.07) is 0. The predicted octanol–water partition coefficient (Wildman–Crippen LogP) is 11.9. The molecule has 8 nitrogen and oxygen atoms in total. The van der Waals surface area contributed by atoms with Crippen LogP contribution in [0.2, 0.25) is 0 Å². The van der Waals surface area contributed by atoms with Crippen LogP contribution in [0.3, 0.4) is 0 Å². The van der Waals surface area contributed by atoms with Gasteiger partial charge in [-0.2, -0.15) is 0 Å². The van der Waals surface area contributed by atoms with Gasteiger partial charge in [-0.05, 0) is 83.8 Å². The summed E-state index contributed by atoms with van der Waals surface area (Å²) in [5, 5.41) is 9.23. The molecule has 0 radical (unpaired) electrons. The maximum Gasteiger partial charge on any atom is 0.305 e. The quantitative estimate of drug-likeness (QED) is 0.0277. The number of nitrogens with zero attached hydrogens (tertiary/aromatic N) is 1. The van der Waals surface area contributed by atoms with Crippen LogP contribution in [0.1, 0.15) is 201 Å². The van der Waals surface area contributed by atoms with E-state index < -0.39 is 0 Å². The number of carbonyl (C=O) groups is 3. The molecule has 0 aromatic rings. The molecule has 54 heavy (non-hydrogen) atoms. The summed E-state index contributed by atoms with van der Waals surface area (Å²) in [7, 11) is 3.71. The van der Waals surface area contributed by atoms with Crippen LogP contribution < -0.4 is 0 Å². The zero-order chi connectivity index (χ0) is 39.6. The molecule has 1 N–H and O–H groups in total. The van der Waals surface area contributed by atoms with Crippen molar-refractivity contribution in [1.82, 2.24) is 4.90 Å². The Hall–Kier alpha value is -0.970. The van der Waals surface area contributed by atoms with Crippen molar-refractivity contribution in [3.63, 3.8) is 0 Å². The first kappa shape index (κ1) is 53.0. The molecule has 320 valence electrons. The van der Waals surface area contributed by atoms with E-state index in [-0.39, 0.29) is 30.4 Å². The number of rotatable bonds is 43. The van der Waals surface area contributed by atoms with Crippen LogP contribution in [0.15, 0.2) is 0 Å². The lowest BCUT2D eigenvalue weighted by molar-refractivity contribution is -0.149. The number of esters is 3. The van der Waals surface area contributed by atoms with Crippen molar-refractivity contribution in [2.45, 2.75) is 201 Å². The van der Waals surface area contributed by atoms with Gasteiger partial charge in [-0.1, -0.05) is 139 Å². The van der Waals surface area contributed by atoms with Crippen molar-refractivity contribution < 1.29 is 33.7 Å². The van der Waals surface area contributed by atoms with E-state index in [1.54, 1.807) is 0 Å². The molecule has 0 atom stereocenters. The van der Waals surface area contributed by atoms with Gasteiger partial charge in [0.25, 0.3) is 0 Å². The Bertz CT molecular complexity index is 805. The van der Waals surface area contributed by atoms with Gasteiger partial charge in [0.1, 0.15) is 6.61 Å². The number of ether oxygens (including phenoxy) is 3. The zero-order valence-electron chi connectivity index (χ0n) is 35.4. The second-order valence-electron chi connectivity index (χ2n) is 15.1. The highest BCUT2D eigenvalue weighted by Gasteiger charge is 2.16. The van der Waals surface area contributed by atoms with Crippen molar-refractivity contribution in [3.8, 4) is 0 Å². The highest BCUT2D eigenvalue weighted by molar-refractivity contribution is 8.76. The van der Waals surface area contributed by atoms with Crippen LogP contribution in [-0.2, 0) is 28.6 Å². The maximum absolute atomic E-state index is 12.4. The van der Waals surface area contributed by atoms with E-state index in [9.17, 15) is 19.5 Å². The molecule has 0 fully saturated rings. The van der Waals surface area contributed by atoms with Crippen LogP contribution in [0.4, 0.5) is 0 Å². The summed E-state index contributed by atoms with van der Waals surface area (Å²) in [6.07, 6.45) is 29.0. The van der Waals surface area contributed by atoms with E-state index in [1.165, 1.54) is 70.0 Å². The lowest BCUT2D eigenvalue weighted by Crippen LogP contribution is -2.28. The van der Waals surface area contributed by atoms with E-state index in [0.717, 1.165) is 122 Å². The summed E-state index contributed by atoms with van der Waals surface area (Å²) < 4.78 is 16.8. The Morgan fingerprint density at radius 2 is 0.889 bits per heavy atom. The summed E-state index contributed by atoms with van der Waals surface area (Å²) in [5.74, 6) is 1.67. The molecule has 0 heterocycles. The van der Waals surface area contributed by atoms with Gasteiger partial charge in [-0.3, -0.25) is 14.4 Å². The molecule has 0 spiro atoms. The van der Waals surface area contributed by atoms with Crippen LogP contribution in [0.25, 0.3) is 0 Å². The number of aliphatic hydroxyl groups is 1. The third kappa shape index (κ3) is 39.3. The predicted molar refractivity (Wildman–Crippen MR) is 231 cm³/mol. The fourth-order valence-electron chi connectivity index (χ4n) is 6.36. The zero-order valence-corrected chi connectivity index (χ0v) is 37.0. The molecule has 0 saturated carbocycles. The average molecular weight is 804 g/mol. The van der Waals surface area contributed by atoms with Gasteiger partial charge in [-0.15, -0.1) is 0 Å². The van der Waals surface area contributed by atoms with Gasteiger partial charge in [0.05, 0.1) is 13.2 Å². The maximum atomic E-state index is 12.4. The molecule has 0 saturated heterocycles. The van der Waals surface area contributed by atoms with Crippen LogP contribution in [0, 0.1) is 5.92 Å². The fourth-order valence-corrected chi connectivity index (χ4v) is 8.33. The lowest BCUT2D eigenvalue weighted by atomic mass is 10.0. The summed E-state index contributed by atoms with van der Waals surface area (Å²) in [4.78, 5) is 39.6. The largest absolute Gasteiger partial charge is 0.465 e. The molecular weight excluding hydrogens is 719 g/mol. The van der Waals surface area contributed by atoms with Gasteiger partial charge in [0.2, 0.25) is 0 Å². The Balaban J connectivity index is 4.52. The minimum atomic E-state index is -0.145. The minimum Gasteiger partial charge on any atom is -0.465 e. The molecule has 0 aromatic heterocycles. The molecule has 0 amide bonds. The van der Waals surface area contributed by atoms with E-state index in [2.05, 4.69) is 25.7 Å². The molecule has 0 aromatic carbocycles. The van der Waals surface area contributed by atoms with Crippen LogP contribution in [-0.4, -0.2) is 85.5 Å². The molecule has 0 aliphatic rings. The van der Waals surface area contributed by atoms with Gasteiger partial charge in [0.15, 0.2) is 0 Å². The Morgan fingerprint density at radius 1 is 0.481 bits per heavy atom. The first-order valence-electron chi connectivity index (χ1n) is 22.5. The number of aliphatic hydroxyl groups excluding tert-OH is 1. The number of hydrogen-bond donors (Lipinski definition) is 1. The topological polar surface area (TPSA) is 102 Å². The molecule has 0 rings (SSSR count). The van der Waals surface area contributed by atoms with Gasteiger partial charge >= 0.3 is 17.9 Å². The number of carbonyl (C=O) groups excluding carboxylic acids is 3. The van der Waals surface area contributed by atoms with Gasteiger partial charge in [0, 0.05) is 43.3 Å². The van der Waals surface area contributed by atoms with E-state index in [1.807, 2.05) is 21.6 Å². The summed E-state index contributed by atoms with van der Waals surface area (Å²) in [5.41, 5.74) is 0. The van der Waals surface area contributed by atoms with Crippen molar-refractivity contribution in [3.05, 3.63) is 0 Å². The van der Waals surface area contributed by atoms with Crippen molar-refractivity contribution in [2.24, 2.45) is 5.92 Å². The Kier molecular flexibility index (Phi) is 42.4. The standard InChI is InChI=1S/C44H85NO7S2/c1-4-7-10-13-16-27-37-53-54-38-36-50-42(47)29-21-17-23-32-45(33-24-18-26-35-46)34-25-22-28-41(39-51-43(48)30-19-14-11-8-5-2)40-52-44(49)31-20-15-12-9-6-3/h41,46H,4-40H2,1-3H3. The normalized spacial score (nSPS) is 11.4. The fraction of sp³-hybridized carbons (Fsp3) is 0.932. The van der Waals surface area contributed by atoms with Crippen molar-refractivity contribution in [1.29, 1.82) is 0 Å². The lowest BCUT2D eigenvalue weighted by Gasteiger charge is -2.23. The molecule has 0 bridgehead atoms. The summed E-state index contributed by atoms with van der Waals surface area (Å²) >= 11 is 0. The van der Waals surface area contributed by atoms with E-state index >= 15 is 0 Å². The SMILES string of the molecule is CCCCCCCCSSCCOC(=O)CCCCCN(CCCCCO)CCCCC(COC(=O)CCCCCCC)COC(=O)CCCCCCC. The van der Waals surface area contributed by atoms with Gasteiger partial charge < -0.3 is 24.2 Å². The van der Waals surface area contributed by atoms with Gasteiger partial charge in [-0.25, -0.2) is 0 Å². The Labute approximate surface area is 340 Å². The molecule has 0 aliphatic carbocycles. The smallest absolute Gasteiger partial charge is 0.305 e. The van der Waals surface area contributed by atoms with E-state index in [0.29, 0.717) is 39.1 Å². The summed E-state index contributed by atoms with van der Waals surface area (Å²) in [6.45, 7) is 11.0. The van der Waals surface area contributed by atoms with Crippen LogP contribution >= 0.6 is 21.6 Å². The molecule has 0 aliphatic heterocycles. The van der Waals surface area contributed by atoms with Crippen LogP contribution in [0.5, 0.6) is 0 Å². The number of unbranched alkanes of at least 4 members (excludes halogenated alkanes) is 18. The second kappa shape index (κ2) is 43.2. The Morgan fingerprint density at radius 3 is 1.41 bits per heavy atom. The van der Waals surface area contributed by atoms with E-state index in [4.69, 9.17) is 14.2 Å². The molecule has 0 unspecified atom stereocenters. The second-order valence-corrected chi connectivity index (χ2v) is 17.8. The monoisotopic (exact) mass is 804 g/mol. The highest BCUT2D eigenvalue weighted by atomic mass is 33.1. The molecular formula is C44H85NO7S2. The van der Waals surface area contributed by atoms with Crippen molar-refractivity contribution in [2.75, 3.05) is 57.6 Å². The minimum absolute atomic E-state index is 0.0123. The first-order chi connectivity index (χ1) is 26.5. The first-order valence-corrected chi connectivity index (χ1v) is 25.0. The highest BCUT2D eigenvalue weighted by Crippen LogP contribution is 2.23. The average Bonchev–Trinajstić information content (AvgIpc) is 3.17.